The van der Waals surface area contributed by atoms with E-state index in [1.165, 1.54) is 0 Å². The molecular formula is C26H28N2O2. The van der Waals surface area contributed by atoms with Gasteiger partial charge >= 0.3 is 0 Å². The van der Waals surface area contributed by atoms with Gasteiger partial charge in [0.15, 0.2) is 6.23 Å². The summed E-state index contributed by atoms with van der Waals surface area (Å²) in [6.45, 7) is 4.80. The predicted octanol–water partition coefficient (Wildman–Crippen LogP) is 4.07. The standard InChI is InChI=1S/C26H28N2O2/c1-19(2)18-30-25-23(24(29)27-25)28-26(20-12-6-3-7-13-20,21-14-8-4-9-15-21)22-16-10-5-11-17-22/h3-17,19,23,25,28H,18H2,1-2H3,(H,27,29)/t23-,25-/m1/s1. The molecule has 0 aromatic heterocycles. The van der Waals surface area contributed by atoms with E-state index in [1.54, 1.807) is 0 Å². The zero-order valence-corrected chi connectivity index (χ0v) is 17.4. The first-order chi connectivity index (χ1) is 14.6. The topological polar surface area (TPSA) is 50.4 Å². The van der Waals surface area contributed by atoms with E-state index in [9.17, 15) is 4.79 Å². The van der Waals surface area contributed by atoms with E-state index < -0.39 is 11.6 Å². The van der Waals surface area contributed by atoms with E-state index >= 15 is 0 Å². The number of benzene rings is 3. The quantitative estimate of drug-likeness (QED) is 0.443. The summed E-state index contributed by atoms with van der Waals surface area (Å²) >= 11 is 0. The van der Waals surface area contributed by atoms with Crippen LogP contribution >= 0.6 is 0 Å². The van der Waals surface area contributed by atoms with Gasteiger partial charge in [-0.3, -0.25) is 10.1 Å². The lowest BCUT2D eigenvalue weighted by atomic mass is 9.76. The Bertz CT molecular complexity index is 861. The maximum Gasteiger partial charge on any atom is 0.243 e. The fraction of sp³-hybridized carbons (Fsp3) is 0.269. The molecule has 154 valence electrons. The van der Waals surface area contributed by atoms with Gasteiger partial charge in [-0.1, -0.05) is 105 Å². The van der Waals surface area contributed by atoms with Crippen LogP contribution in [0.25, 0.3) is 0 Å². The number of hydrogen-bond donors (Lipinski definition) is 2. The van der Waals surface area contributed by atoms with Gasteiger partial charge in [-0.15, -0.1) is 0 Å². The maximum atomic E-state index is 12.6. The molecule has 1 aliphatic rings. The normalized spacial score (nSPS) is 18.7. The number of carbonyl (C=O) groups is 1. The molecule has 1 aliphatic heterocycles. The lowest BCUT2D eigenvalue weighted by molar-refractivity contribution is -0.149. The van der Waals surface area contributed by atoms with Crippen LogP contribution in [0.2, 0.25) is 0 Å². The van der Waals surface area contributed by atoms with E-state index in [0.717, 1.165) is 16.7 Å². The number of ether oxygens (including phenoxy) is 1. The van der Waals surface area contributed by atoms with Crippen molar-refractivity contribution in [3.63, 3.8) is 0 Å². The van der Waals surface area contributed by atoms with Crippen LogP contribution in [0.1, 0.15) is 30.5 Å². The van der Waals surface area contributed by atoms with Crippen LogP contribution in [0.3, 0.4) is 0 Å². The predicted molar refractivity (Wildman–Crippen MR) is 119 cm³/mol. The van der Waals surface area contributed by atoms with Gasteiger partial charge in [0.25, 0.3) is 0 Å². The van der Waals surface area contributed by atoms with Crippen molar-refractivity contribution >= 4 is 5.91 Å². The molecule has 3 aromatic carbocycles. The zero-order chi connectivity index (χ0) is 21.0. The van der Waals surface area contributed by atoms with Crippen LogP contribution < -0.4 is 10.6 Å². The number of rotatable bonds is 8. The largest absolute Gasteiger partial charge is 0.356 e. The van der Waals surface area contributed by atoms with Gasteiger partial charge in [0.2, 0.25) is 5.91 Å². The second kappa shape index (κ2) is 8.82. The van der Waals surface area contributed by atoms with E-state index in [1.807, 2.05) is 54.6 Å². The zero-order valence-electron chi connectivity index (χ0n) is 17.4. The van der Waals surface area contributed by atoms with Crippen molar-refractivity contribution in [2.24, 2.45) is 5.92 Å². The number of amides is 1. The van der Waals surface area contributed by atoms with Crippen molar-refractivity contribution in [1.82, 2.24) is 10.6 Å². The summed E-state index contributed by atoms with van der Waals surface area (Å²) in [4.78, 5) is 12.6. The molecule has 1 amide bonds. The average Bonchev–Trinajstić information content (AvgIpc) is 2.79. The Balaban J connectivity index is 1.82. The highest BCUT2D eigenvalue weighted by molar-refractivity contribution is 5.89. The van der Waals surface area contributed by atoms with Crippen molar-refractivity contribution in [3.05, 3.63) is 108 Å². The van der Waals surface area contributed by atoms with Crippen LogP contribution in [-0.2, 0) is 15.1 Å². The van der Waals surface area contributed by atoms with Gasteiger partial charge in [0.05, 0.1) is 12.1 Å². The third-order valence-electron chi connectivity index (χ3n) is 5.47. The van der Waals surface area contributed by atoms with Crippen molar-refractivity contribution in [1.29, 1.82) is 0 Å². The summed E-state index contributed by atoms with van der Waals surface area (Å²) in [7, 11) is 0. The van der Waals surface area contributed by atoms with E-state index in [4.69, 9.17) is 4.74 Å². The second-order valence-electron chi connectivity index (χ2n) is 8.13. The molecule has 0 unspecified atom stereocenters. The Kier molecular flexibility index (Phi) is 5.98. The molecule has 2 atom stereocenters. The molecule has 1 heterocycles. The molecular weight excluding hydrogens is 372 g/mol. The van der Waals surface area contributed by atoms with Crippen molar-refractivity contribution < 1.29 is 9.53 Å². The summed E-state index contributed by atoms with van der Waals surface area (Å²) in [6, 6.07) is 30.4. The fourth-order valence-corrected chi connectivity index (χ4v) is 3.98. The molecule has 0 aliphatic carbocycles. The molecule has 1 saturated heterocycles. The first-order valence-corrected chi connectivity index (χ1v) is 10.5. The molecule has 30 heavy (non-hydrogen) atoms. The van der Waals surface area contributed by atoms with Gasteiger partial charge in [-0.2, -0.15) is 0 Å². The van der Waals surface area contributed by atoms with Crippen LogP contribution in [0.15, 0.2) is 91.0 Å². The molecule has 4 rings (SSSR count). The van der Waals surface area contributed by atoms with Gasteiger partial charge in [0.1, 0.15) is 6.04 Å². The minimum absolute atomic E-state index is 0.0454. The third-order valence-corrected chi connectivity index (χ3v) is 5.47. The molecule has 2 N–H and O–H groups in total. The first-order valence-electron chi connectivity index (χ1n) is 10.5. The summed E-state index contributed by atoms with van der Waals surface area (Å²) in [5, 5.41) is 6.60. The van der Waals surface area contributed by atoms with Crippen molar-refractivity contribution in [2.45, 2.75) is 31.7 Å². The lowest BCUT2D eigenvalue weighted by Gasteiger charge is -2.45. The monoisotopic (exact) mass is 400 g/mol. The molecule has 0 radical (unpaired) electrons. The molecule has 0 spiro atoms. The van der Waals surface area contributed by atoms with Crippen LogP contribution in [0.4, 0.5) is 0 Å². The molecule has 0 bridgehead atoms. The van der Waals surface area contributed by atoms with Crippen LogP contribution in [0.5, 0.6) is 0 Å². The third kappa shape index (κ3) is 3.89. The number of hydrogen-bond acceptors (Lipinski definition) is 3. The highest BCUT2D eigenvalue weighted by atomic mass is 16.5. The number of β-lactam (4-membered cyclic amide) rings is 1. The minimum atomic E-state index is -0.689. The Hall–Kier alpha value is -2.95. The van der Waals surface area contributed by atoms with E-state index in [2.05, 4.69) is 60.9 Å². The minimum Gasteiger partial charge on any atom is -0.356 e. The lowest BCUT2D eigenvalue weighted by Crippen LogP contribution is -2.72. The van der Waals surface area contributed by atoms with Gasteiger partial charge in [-0.25, -0.2) is 0 Å². The Morgan fingerprint density at radius 1 is 0.833 bits per heavy atom. The number of nitrogens with one attached hydrogen (secondary N) is 2. The summed E-state index contributed by atoms with van der Waals surface area (Å²) in [5.74, 6) is 0.348. The summed E-state index contributed by atoms with van der Waals surface area (Å²) in [6.07, 6.45) is -0.351. The van der Waals surface area contributed by atoms with Gasteiger partial charge < -0.3 is 10.1 Å². The van der Waals surface area contributed by atoms with E-state index in [0.29, 0.717) is 12.5 Å². The SMILES string of the molecule is CC(C)CO[C@H]1NC(=O)[C@H]1NC(c1ccccc1)(c1ccccc1)c1ccccc1. The Labute approximate surface area is 178 Å². The van der Waals surface area contributed by atoms with Crippen molar-refractivity contribution in [3.8, 4) is 0 Å². The maximum absolute atomic E-state index is 12.6. The molecule has 1 fully saturated rings. The number of carbonyl (C=O) groups excluding carboxylic acids is 1. The average molecular weight is 401 g/mol. The second-order valence-corrected chi connectivity index (χ2v) is 8.13. The first kappa shape index (κ1) is 20.3. The fourth-order valence-electron chi connectivity index (χ4n) is 3.98. The molecule has 4 heteroatoms. The summed E-state index contributed by atoms with van der Waals surface area (Å²) in [5.41, 5.74) is 2.53. The smallest absolute Gasteiger partial charge is 0.243 e. The molecule has 4 nitrogen and oxygen atoms in total. The molecule has 0 saturated carbocycles. The van der Waals surface area contributed by atoms with Gasteiger partial charge in [-0.05, 0) is 22.6 Å². The van der Waals surface area contributed by atoms with Crippen LogP contribution in [-0.4, -0.2) is 24.8 Å². The highest BCUT2D eigenvalue weighted by Gasteiger charge is 2.47. The highest BCUT2D eigenvalue weighted by Crippen LogP contribution is 2.38. The van der Waals surface area contributed by atoms with E-state index in [-0.39, 0.29) is 12.1 Å². The van der Waals surface area contributed by atoms with Gasteiger partial charge in [0, 0.05) is 0 Å². The van der Waals surface area contributed by atoms with Crippen molar-refractivity contribution in [2.75, 3.05) is 6.61 Å². The molecule has 3 aromatic rings. The Morgan fingerprint density at radius 2 is 1.27 bits per heavy atom. The summed E-state index contributed by atoms with van der Waals surface area (Å²) < 4.78 is 5.98. The van der Waals surface area contributed by atoms with Crippen LogP contribution in [0, 0.1) is 5.92 Å². The Morgan fingerprint density at radius 3 is 1.63 bits per heavy atom.